The minimum absolute atomic E-state index is 0.0226. The van der Waals surface area contributed by atoms with Crippen LogP contribution in [0.5, 0.6) is 0 Å². The molecular weight excluding hydrogens is 541 g/mol. The number of alkyl halides is 3. The van der Waals surface area contributed by atoms with E-state index in [-0.39, 0.29) is 23.3 Å². The SMILES string of the molecule is Cc1cn(-c2cc(NC(=O)c3csc4c3CCN(C(=O)c3cnc5ccccn35)[C@@H]4C)cc(C(F)(F)F)c2)cn1. The first-order valence-electron chi connectivity index (χ1n) is 12.5. The van der Waals surface area contributed by atoms with E-state index in [9.17, 15) is 22.8 Å². The summed E-state index contributed by atoms with van der Waals surface area (Å²) in [6, 6.07) is 8.62. The fourth-order valence-electron chi connectivity index (χ4n) is 5.04. The smallest absolute Gasteiger partial charge is 0.329 e. The van der Waals surface area contributed by atoms with Crippen molar-refractivity contribution in [3.63, 3.8) is 0 Å². The van der Waals surface area contributed by atoms with Gasteiger partial charge in [-0.1, -0.05) is 6.07 Å². The maximum atomic E-state index is 13.7. The molecule has 204 valence electrons. The number of imidazole rings is 2. The van der Waals surface area contributed by atoms with E-state index in [1.165, 1.54) is 28.3 Å². The summed E-state index contributed by atoms with van der Waals surface area (Å²) in [5.41, 5.74) is 2.34. The number of carbonyl (C=O) groups excluding carboxylic acids is 2. The van der Waals surface area contributed by atoms with Crippen molar-refractivity contribution in [2.45, 2.75) is 32.5 Å². The summed E-state index contributed by atoms with van der Waals surface area (Å²) in [4.78, 5) is 37.8. The third kappa shape index (κ3) is 4.53. The van der Waals surface area contributed by atoms with Gasteiger partial charge in [0.1, 0.15) is 11.3 Å². The first kappa shape index (κ1) is 25.8. The summed E-state index contributed by atoms with van der Waals surface area (Å²) in [7, 11) is 0. The van der Waals surface area contributed by atoms with Crippen LogP contribution in [0.4, 0.5) is 18.9 Å². The lowest BCUT2D eigenvalue weighted by Crippen LogP contribution is -2.39. The van der Waals surface area contributed by atoms with Gasteiger partial charge in [0.05, 0.1) is 35.4 Å². The number of fused-ring (bicyclic) bond motifs is 2. The van der Waals surface area contributed by atoms with Gasteiger partial charge in [-0.2, -0.15) is 13.2 Å². The third-order valence-corrected chi connectivity index (χ3v) is 8.23. The lowest BCUT2D eigenvalue weighted by Gasteiger charge is -2.33. The Morgan fingerprint density at radius 2 is 1.98 bits per heavy atom. The van der Waals surface area contributed by atoms with Gasteiger partial charge in [0.25, 0.3) is 11.8 Å². The van der Waals surface area contributed by atoms with Crippen LogP contribution in [0.3, 0.4) is 0 Å². The van der Waals surface area contributed by atoms with Crippen LogP contribution in [0, 0.1) is 6.92 Å². The highest BCUT2D eigenvalue weighted by molar-refractivity contribution is 7.10. The molecule has 0 saturated carbocycles. The summed E-state index contributed by atoms with van der Waals surface area (Å²) in [5, 5.41) is 4.36. The Hall–Kier alpha value is -4.45. The molecule has 0 unspecified atom stereocenters. The van der Waals surface area contributed by atoms with Crippen LogP contribution >= 0.6 is 11.3 Å². The quantitative estimate of drug-likeness (QED) is 0.294. The van der Waals surface area contributed by atoms with Gasteiger partial charge in [0.2, 0.25) is 0 Å². The summed E-state index contributed by atoms with van der Waals surface area (Å²) in [6.07, 6.45) is 2.22. The molecule has 0 bridgehead atoms. The van der Waals surface area contributed by atoms with Crippen LogP contribution in [0.1, 0.15) is 55.5 Å². The van der Waals surface area contributed by atoms with Crippen LogP contribution in [0.15, 0.2) is 66.7 Å². The van der Waals surface area contributed by atoms with Crippen molar-refractivity contribution >= 4 is 34.5 Å². The van der Waals surface area contributed by atoms with Crippen LogP contribution in [-0.2, 0) is 12.6 Å². The number of halogens is 3. The van der Waals surface area contributed by atoms with Gasteiger partial charge in [-0.15, -0.1) is 11.3 Å². The molecule has 0 fully saturated rings. The van der Waals surface area contributed by atoms with Crippen molar-refractivity contribution < 1.29 is 22.8 Å². The van der Waals surface area contributed by atoms with Gasteiger partial charge < -0.3 is 14.8 Å². The molecule has 5 heterocycles. The van der Waals surface area contributed by atoms with Crippen molar-refractivity contribution in [1.29, 1.82) is 0 Å². The normalized spacial score (nSPS) is 15.3. The van der Waals surface area contributed by atoms with Gasteiger partial charge in [-0.3, -0.25) is 14.0 Å². The largest absolute Gasteiger partial charge is 0.416 e. The first-order chi connectivity index (χ1) is 19.1. The van der Waals surface area contributed by atoms with Gasteiger partial charge in [-0.05, 0) is 56.2 Å². The molecule has 8 nitrogen and oxygen atoms in total. The Morgan fingerprint density at radius 3 is 2.73 bits per heavy atom. The highest BCUT2D eigenvalue weighted by atomic mass is 32.1. The van der Waals surface area contributed by atoms with E-state index in [0.717, 1.165) is 22.6 Å². The van der Waals surface area contributed by atoms with E-state index in [2.05, 4.69) is 15.3 Å². The Kier molecular flexibility index (Phi) is 6.21. The van der Waals surface area contributed by atoms with E-state index in [0.29, 0.717) is 35.6 Å². The van der Waals surface area contributed by atoms with Gasteiger partial charge in [-0.25, -0.2) is 9.97 Å². The number of thiophene rings is 1. The number of nitrogens with zero attached hydrogens (tertiary/aromatic N) is 5. The summed E-state index contributed by atoms with van der Waals surface area (Å²) in [6.45, 7) is 4.03. The molecule has 1 atom stereocenters. The molecule has 1 aliphatic rings. The number of anilines is 1. The number of carbonyl (C=O) groups is 2. The number of aromatic nitrogens is 4. The lowest BCUT2D eigenvalue weighted by molar-refractivity contribution is -0.137. The Labute approximate surface area is 230 Å². The number of aryl methyl sites for hydroxylation is 1. The van der Waals surface area contributed by atoms with E-state index >= 15 is 0 Å². The Bertz CT molecular complexity index is 1770. The predicted octanol–water partition coefficient (Wildman–Crippen LogP) is 5.92. The molecule has 1 aliphatic heterocycles. The van der Waals surface area contributed by atoms with Crippen molar-refractivity contribution in [2.75, 3.05) is 11.9 Å². The molecular formula is C28H23F3N6O2S. The number of benzene rings is 1. The van der Waals surface area contributed by atoms with E-state index in [4.69, 9.17) is 0 Å². The highest BCUT2D eigenvalue weighted by Crippen LogP contribution is 2.38. The summed E-state index contributed by atoms with van der Waals surface area (Å²) >= 11 is 1.36. The molecule has 0 spiro atoms. The van der Waals surface area contributed by atoms with Crippen molar-refractivity contribution in [3.8, 4) is 5.69 Å². The fourth-order valence-corrected chi connectivity index (χ4v) is 6.21. The minimum Gasteiger partial charge on any atom is -0.329 e. The van der Waals surface area contributed by atoms with Crippen LogP contribution < -0.4 is 5.32 Å². The zero-order valence-corrected chi connectivity index (χ0v) is 22.3. The Balaban J connectivity index is 1.26. The second kappa shape index (κ2) is 9.63. The zero-order chi connectivity index (χ0) is 28.2. The molecule has 5 aromatic rings. The molecule has 12 heteroatoms. The predicted molar refractivity (Wildman–Crippen MR) is 144 cm³/mol. The number of rotatable bonds is 4. The van der Waals surface area contributed by atoms with E-state index in [1.807, 2.05) is 25.1 Å². The average Bonchev–Trinajstić information content (AvgIpc) is 3.66. The van der Waals surface area contributed by atoms with Crippen molar-refractivity contribution in [3.05, 3.63) is 99.7 Å². The molecule has 6 rings (SSSR count). The number of nitrogens with one attached hydrogen (secondary N) is 1. The number of hydrogen-bond acceptors (Lipinski definition) is 5. The first-order valence-corrected chi connectivity index (χ1v) is 13.4. The maximum Gasteiger partial charge on any atom is 0.416 e. The van der Waals surface area contributed by atoms with Crippen LogP contribution in [-0.4, -0.2) is 42.2 Å². The van der Waals surface area contributed by atoms with Crippen LogP contribution in [0.2, 0.25) is 0 Å². The molecule has 0 saturated heterocycles. The molecule has 40 heavy (non-hydrogen) atoms. The molecule has 0 aliphatic carbocycles. The molecule has 0 radical (unpaired) electrons. The van der Waals surface area contributed by atoms with E-state index in [1.54, 1.807) is 40.2 Å². The lowest BCUT2D eigenvalue weighted by atomic mass is 9.98. The average molecular weight is 565 g/mol. The van der Waals surface area contributed by atoms with Crippen molar-refractivity contribution in [1.82, 2.24) is 23.8 Å². The van der Waals surface area contributed by atoms with Gasteiger partial charge in [0.15, 0.2) is 0 Å². The molecule has 1 aromatic carbocycles. The topological polar surface area (TPSA) is 84.5 Å². The fraction of sp³-hybridized carbons (Fsp3) is 0.214. The number of pyridine rings is 1. The standard InChI is InChI=1S/C28H23F3N6O2S/c1-16-13-35(15-33-16)20-10-18(28(29,30)31)9-19(11-20)34-26(38)22-14-40-25-17(2)36(8-6-21(22)25)27(39)23-12-32-24-5-3-4-7-37(23)24/h3-5,7,9-15,17H,6,8H2,1-2H3,(H,34,38)/t17-/m1/s1. The highest BCUT2D eigenvalue weighted by Gasteiger charge is 2.34. The van der Waals surface area contributed by atoms with Gasteiger partial charge in [0, 0.05) is 40.6 Å². The second-order valence-electron chi connectivity index (χ2n) is 9.63. The number of hydrogen-bond donors (Lipinski definition) is 1. The van der Waals surface area contributed by atoms with E-state index < -0.39 is 17.6 Å². The molecule has 1 N–H and O–H groups in total. The number of amides is 2. The zero-order valence-electron chi connectivity index (χ0n) is 21.4. The summed E-state index contributed by atoms with van der Waals surface area (Å²) in [5.74, 6) is -0.666. The minimum atomic E-state index is -4.60. The monoisotopic (exact) mass is 564 g/mol. The maximum absolute atomic E-state index is 13.7. The van der Waals surface area contributed by atoms with Gasteiger partial charge >= 0.3 is 6.18 Å². The summed E-state index contributed by atoms with van der Waals surface area (Å²) < 4.78 is 44.2. The molecule has 2 amide bonds. The van der Waals surface area contributed by atoms with Crippen molar-refractivity contribution in [2.24, 2.45) is 0 Å². The van der Waals surface area contributed by atoms with Crippen LogP contribution in [0.25, 0.3) is 11.3 Å². The second-order valence-corrected chi connectivity index (χ2v) is 10.5. The Morgan fingerprint density at radius 1 is 1.15 bits per heavy atom. The third-order valence-electron chi connectivity index (χ3n) is 7.03. The molecule has 4 aromatic heterocycles.